The zero-order valence-corrected chi connectivity index (χ0v) is 15.8. The van der Waals surface area contributed by atoms with Gasteiger partial charge in [0.2, 0.25) is 0 Å². The summed E-state index contributed by atoms with van der Waals surface area (Å²) in [6.45, 7) is 9.45. The molecule has 4 rings (SSSR count). The molecule has 0 saturated carbocycles. The lowest BCUT2D eigenvalue weighted by molar-refractivity contribution is 0.0555. The number of furan rings is 1. The van der Waals surface area contributed by atoms with E-state index in [2.05, 4.69) is 43.0 Å². The minimum absolute atomic E-state index is 0.0213. The second kappa shape index (κ2) is 6.92. The molecule has 4 heteroatoms. The normalized spacial score (nSPS) is 19.7. The number of piperidine rings is 1. The highest BCUT2D eigenvalue weighted by Gasteiger charge is 2.42. The highest BCUT2D eigenvalue weighted by Crippen LogP contribution is 2.42. The Morgan fingerprint density at radius 2 is 1.92 bits per heavy atom. The molecule has 0 N–H and O–H groups in total. The van der Waals surface area contributed by atoms with Crippen LogP contribution < -0.4 is 0 Å². The van der Waals surface area contributed by atoms with Gasteiger partial charge in [-0.15, -0.1) is 0 Å². The molecule has 2 aliphatic rings. The summed E-state index contributed by atoms with van der Waals surface area (Å²) in [6.07, 6.45) is 3.61. The van der Waals surface area contributed by atoms with Gasteiger partial charge in [0, 0.05) is 38.1 Å². The molecule has 2 aromatic rings. The first-order valence-corrected chi connectivity index (χ1v) is 9.71. The molecule has 3 heterocycles. The Kier molecular flexibility index (Phi) is 4.62. The molecule has 1 saturated heterocycles. The number of amides is 1. The topological polar surface area (TPSA) is 36.7 Å². The van der Waals surface area contributed by atoms with Crippen LogP contribution in [0.2, 0.25) is 0 Å². The standard InChI is InChI=1S/C22H28N2O2/c1-17(2)14-23-15-18-6-3-4-7-19(18)22(16-23)9-11-24(12-10-22)21(25)20-8-5-13-26-20/h3-8,13,17H,9-12,14-16H2,1-2H3. The fraction of sp³-hybridized carbons (Fsp3) is 0.500. The highest BCUT2D eigenvalue weighted by atomic mass is 16.3. The van der Waals surface area contributed by atoms with Gasteiger partial charge in [-0.25, -0.2) is 0 Å². The second-order valence-corrected chi connectivity index (χ2v) is 8.27. The van der Waals surface area contributed by atoms with Crippen LogP contribution in [0.1, 0.15) is 48.4 Å². The Hall–Kier alpha value is -2.07. The first kappa shape index (κ1) is 17.3. The van der Waals surface area contributed by atoms with Gasteiger partial charge in [0.15, 0.2) is 5.76 Å². The summed E-state index contributed by atoms with van der Waals surface area (Å²) in [5.41, 5.74) is 3.14. The lowest BCUT2D eigenvalue weighted by Crippen LogP contribution is -2.53. The first-order chi connectivity index (χ1) is 12.6. The molecule has 1 fully saturated rings. The lowest BCUT2D eigenvalue weighted by Gasteiger charge is -2.49. The van der Waals surface area contributed by atoms with Crippen LogP contribution in [0.5, 0.6) is 0 Å². The van der Waals surface area contributed by atoms with E-state index >= 15 is 0 Å². The van der Waals surface area contributed by atoms with Crippen LogP contribution in [0, 0.1) is 5.92 Å². The number of fused-ring (bicyclic) bond motifs is 2. The van der Waals surface area contributed by atoms with Crippen LogP contribution in [0.3, 0.4) is 0 Å². The number of carbonyl (C=O) groups excluding carboxylic acids is 1. The van der Waals surface area contributed by atoms with E-state index in [0.717, 1.165) is 45.6 Å². The minimum Gasteiger partial charge on any atom is -0.459 e. The maximum absolute atomic E-state index is 12.6. The minimum atomic E-state index is 0.0213. The molecule has 1 aromatic heterocycles. The summed E-state index contributed by atoms with van der Waals surface area (Å²) in [5.74, 6) is 1.14. The molecule has 26 heavy (non-hydrogen) atoms. The summed E-state index contributed by atoms with van der Waals surface area (Å²) in [6, 6.07) is 12.4. The van der Waals surface area contributed by atoms with Gasteiger partial charge in [-0.2, -0.15) is 0 Å². The van der Waals surface area contributed by atoms with Crippen molar-refractivity contribution < 1.29 is 9.21 Å². The zero-order valence-electron chi connectivity index (χ0n) is 15.8. The Balaban J connectivity index is 1.55. The van der Waals surface area contributed by atoms with Gasteiger partial charge in [-0.1, -0.05) is 38.1 Å². The van der Waals surface area contributed by atoms with E-state index in [9.17, 15) is 4.79 Å². The number of rotatable bonds is 3. The van der Waals surface area contributed by atoms with Crippen LogP contribution in [0.4, 0.5) is 0 Å². The SMILES string of the molecule is CC(C)CN1Cc2ccccc2C2(CCN(C(=O)c3ccco3)CC2)C1. The maximum atomic E-state index is 12.6. The molecule has 1 aromatic carbocycles. The summed E-state index contributed by atoms with van der Waals surface area (Å²) in [7, 11) is 0. The van der Waals surface area contributed by atoms with Crippen LogP contribution in [0.25, 0.3) is 0 Å². The summed E-state index contributed by atoms with van der Waals surface area (Å²) in [4.78, 5) is 17.2. The van der Waals surface area contributed by atoms with Crippen LogP contribution in [0.15, 0.2) is 47.1 Å². The third kappa shape index (κ3) is 3.18. The van der Waals surface area contributed by atoms with E-state index in [0.29, 0.717) is 11.7 Å². The molecular weight excluding hydrogens is 324 g/mol. The Bertz CT molecular complexity index is 758. The van der Waals surface area contributed by atoms with Gasteiger partial charge >= 0.3 is 0 Å². The molecule has 1 amide bonds. The van der Waals surface area contributed by atoms with Gasteiger partial charge in [0.05, 0.1) is 6.26 Å². The van der Waals surface area contributed by atoms with Crippen molar-refractivity contribution in [1.82, 2.24) is 9.80 Å². The van der Waals surface area contributed by atoms with Crippen molar-refractivity contribution in [2.45, 2.75) is 38.6 Å². The van der Waals surface area contributed by atoms with E-state index in [1.54, 1.807) is 18.4 Å². The molecule has 2 aliphatic heterocycles. The predicted molar refractivity (Wildman–Crippen MR) is 102 cm³/mol. The largest absolute Gasteiger partial charge is 0.459 e. The Labute approximate surface area is 155 Å². The first-order valence-electron chi connectivity index (χ1n) is 9.71. The van der Waals surface area contributed by atoms with Crippen molar-refractivity contribution in [3.05, 3.63) is 59.5 Å². The van der Waals surface area contributed by atoms with Crippen LogP contribution in [-0.4, -0.2) is 41.9 Å². The molecule has 0 bridgehead atoms. The summed E-state index contributed by atoms with van der Waals surface area (Å²) in [5, 5.41) is 0. The molecule has 0 radical (unpaired) electrons. The quantitative estimate of drug-likeness (QED) is 0.840. The van der Waals surface area contributed by atoms with E-state index in [-0.39, 0.29) is 11.3 Å². The Morgan fingerprint density at radius 3 is 2.62 bits per heavy atom. The van der Waals surface area contributed by atoms with Gasteiger partial charge in [0.25, 0.3) is 5.91 Å². The number of carbonyl (C=O) groups is 1. The van der Waals surface area contributed by atoms with Crippen molar-refractivity contribution in [3.63, 3.8) is 0 Å². The second-order valence-electron chi connectivity index (χ2n) is 8.27. The molecule has 4 nitrogen and oxygen atoms in total. The van der Waals surface area contributed by atoms with E-state index in [1.165, 1.54) is 11.1 Å². The van der Waals surface area contributed by atoms with Crippen LogP contribution in [-0.2, 0) is 12.0 Å². The number of likely N-dealkylation sites (tertiary alicyclic amines) is 1. The number of hydrogen-bond acceptors (Lipinski definition) is 3. The van der Waals surface area contributed by atoms with Crippen molar-refractivity contribution in [1.29, 1.82) is 0 Å². The molecular formula is C22H28N2O2. The molecule has 0 unspecified atom stereocenters. The van der Waals surface area contributed by atoms with Crippen LogP contribution >= 0.6 is 0 Å². The van der Waals surface area contributed by atoms with Gasteiger partial charge < -0.3 is 9.32 Å². The molecule has 0 aliphatic carbocycles. The molecule has 138 valence electrons. The van der Waals surface area contributed by atoms with Gasteiger partial charge in [-0.3, -0.25) is 9.69 Å². The smallest absolute Gasteiger partial charge is 0.289 e. The highest BCUT2D eigenvalue weighted by molar-refractivity contribution is 5.91. The average molecular weight is 352 g/mol. The summed E-state index contributed by atoms with van der Waals surface area (Å²) >= 11 is 0. The third-order valence-corrected chi connectivity index (χ3v) is 5.87. The fourth-order valence-electron chi connectivity index (χ4n) is 4.75. The van der Waals surface area contributed by atoms with Crippen molar-refractivity contribution in [2.24, 2.45) is 5.92 Å². The summed E-state index contributed by atoms with van der Waals surface area (Å²) < 4.78 is 5.30. The van der Waals surface area contributed by atoms with Gasteiger partial charge in [-0.05, 0) is 42.0 Å². The third-order valence-electron chi connectivity index (χ3n) is 5.87. The Morgan fingerprint density at radius 1 is 1.15 bits per heavy atom. The van der Waals surface area contributed by atoms with Gasteiger partial charge in [0.1, 0.15) is 0 Å². The fourth-order valence-corrected chi connectivity index (χ4v) is 4.75. The molecule has 0 atom stereocenters. The average Bonchev–Trinajstić information content (AvgIpc) is 3.16. The zero-order chi connectivity index (χ0) is 18.1. The van der Waals surface area contributed by atoms with E-state index in [1.807, 2.05) is 4.90 Å². The number of hydrogen-bond donors (Lipinski definition) is 0. The maximum Gasteiger partial charge on any atom is 0.289 e. The van der Waals surface area contributed by atoms with Crippen molar-refractivity contribution >= 4 is 5.91 Å². The number of nitrogens with zero attached hydrogens (tertiary/aromatic N) is 2. The number of benzene rings is 1. The van der Waals surface area contributed by atoms with E-state index < -0.39 is 0 Å². The lowest BCUT2D eigenvalue weighted by atomic mass is 9.68. The van der Waals surface area contributed by atoms with Crippen molar-refractivity contribution in [3.8, 4) is 0 Å². The molecule has 1 spiro atoms. The monoisotopic (exact) mass is 352 g/mol. The van der Waals surface area contributed by atoms with E-state index in [4.69, 9.17) is 4.42 Å². The predicted octanol–water partition coefficient (Wildman–Crippen LogP) is 3.93. The van der Waals surface area contributed by atoms with Crippen molar-refractivity contribution in [2.75, 3.05) is 26.2 Å².